The Morgan fingerprint density at radius 2 is 1.90 bits per heavy atom. The third-order valence-corrected chi connectivity index (χ3v) is 3.04. The third kappa shape index (κ3) is 6.68. The lowest BCUT2D eigenvalue weighted by Crippen LogP contribution is -2.39. The normalized spacial score (nSPS) is 14.1. The van der Waals surface area contributed by atoms with Crippen LogP contribution in [-0.4, -0.2) is 44.1 Å². The third-order valence-electron chi connectivity index (χ3n) is 3.04. The number of carbonyl (C=O) groups is 1. The zero-order valence-electron chi connectivity index (χ0n) is 12.9. The van der Waals surface area contributed by atoms with Crippen LogP contribution < -0.4 is 5.32 Å². The molecule has 1 rings (SSSR count). The van der Waals surface area contributed by atoms with E-state index in [1.165, 1.54) is 0 Å². The number of hydrogen-bond donors (Lipinski definition) is 1. The van der Waals surface area contributed by atoms with Crippen LogP contribution in [0.1, 0.15) is 19.4 Å². The summed E-state index contributed by atoms with van der Waals surface area (Å²) in [4.78, 5) is 14.0. The maximum Gasteiger partial charge on any atom is 0.310 e. The van der Waals surface area contributed by atoms with Gasteiger partial charge in [0.2, 0.25) is 0 Å². The van der Waals surface area contributed by atoms with Crippen LogP contribution in [-0.2, 0) is 16.1 Å². The molecule has 0 heterocycles. The van der Waals surface area contributed by atoms with Crippen LogP contribution in [0, 0.1) is 5.92 Å². The van der Waals surface area contributed by atoms with Crippen LogP contribution in [0.2, 0.25) is 0 Å². The highest BCUT2D eigenvalue weighted by atomic mass is 16.5. The lowest BCUT2D eigenvalue weighted by atomic mass is 10.1. The van der Waals surface area contributed by atoms with Crippen LogP contribution in [0.15, 0.2) is 30.3 Å². The van der Waals surface area contributed by atoms with E-state index in [0.29, 0.717) is 19.2 Å². The maximum absolute atomic E-state index is 11.9. The van der Waals surface area contributed by atoms with Gasteiger partial charge in [0.05, 0.1) is 5.92 Å². The van der Waals surface area contributed by atoms with Crippen molar-refractivity contribution in [3.8, 4) is 0 Å². The molecule has 1 aromatic rings. The number of rotatable bonds is 8. The Morgan fingerprint density at radius 1 is 1.25 bits per heavy atom. The van der Waals surface area contributed by atoms with Gasteiger partial charge in [0, 0.05) is 19.1 Å². The summed E-state index contributed by atoms with van der Waals surface area (Å²) in [6.45, 7) is 5.94. The van der Waals surface area contributed by atoms with Gasteiger partial charge in [-0.2, -0.15) is 0 Å². The quantitative estimate of drug-likeness (QED) is 0.738. The van der Waals surface area contributed by atoms with Crippen molar-refractivity contribution < 1.29 is 9.53 Å². The fourth-order valence-corrected chi connectivity index (χ4v) is 1.94. The van der Waals surface area contributed by atoms with Crippen molar-refractivity contribution in [1.82, 2.24) is 10.2 Å². The van der Waals surface area contributed by atoms with Crippen LogP contribution >= 0.6 is 0 Å². The molecule has 1 N–H and O–H groups in total. The molecule has 4 nitrogen and oxygen atoms in total. The fraction of sp³-hybridized carbons (Fsp3) is 0.562. The minimum atomic E-state index is -0.154. The van der Waals surface area contributed by atoms with E-state index in [1.54, 1.807) is 0 Å². The topological polar surface area (TPSA) is 41.6 Å². The van der Waals surface area contributed by atoms with Gasteiger partial charge in [0.1, 0.15) is 6.61 Å². The van der Waals surface area contributed by atoms with Crippen molar-refractivity contribution in [3.05, 3.63) is 35.9 Å². The molecule has 0 bridgehead atoms. The Kier molecular flexibility index (Phi) is 7.26. The molecule has 4 heteroatoms. The van der Waals surface area contributed by atoms with Gasteiger partial charge < -0.3 is 15.0 Å². The second-order valence-electron chi connectivity index (χ2n) is 5.57. The number of ether oxygens (including phenoxy) is 1. The molecule has 0 aliphatic rings. The SMILES string of the molecule is CC(CN(C)C)NCC(C)C(=O)OCc1ccccc1. The first-order valence-corrected chi connectivity index (χ1v) is 7.07. The van der Waals surface area contributed by atoms with Crippen LogP contribution in [0.25, 0.3) is 0 Å². The van der Waals surface area contributed by atoms with E-state index in [2.05, 4.69) is 17.1 Å². The van der Waals surface area contributed by atoms with E-state index in [9.17, 15) is 4.79 Å². The van der Waals surface area contributed by atoms with Crippen LogP contribution in [0.4, 0.5) is 0 Å². The van der Waals surface area contributed by atoms with Gasteiger partial charge in [-0.15, -0.1) is 0 Å². The summed E-state index contributed by atoms with van der Waals surface area (Å²) in [6.07, 6.45) is 0. The molecule has 0 saturated heterocycles. The molecule has 0 aromatic heterocycles. The molecule has 2 unspecified atom stereocenters. The molecule has 0 radical (unpaired) electrons. The van der Waals surface area contributed by atoms with Gasteiger partial charge in [-0.1, -0.05) is 37.3 Å². The highest BCUT2D eigenvalue weighted by Gasteiger charge is 2.15. The predicted octanol–water partition coefficient (Wildman–Crippen LogP) is 1.91. The van der Waals surface area contributed by atoms with Crippen molar-refractivity contribution in [2.24, 2.45) is 5.92 Å². The fourth-order valence-electron chi connectivity index (χ4n) is 1.94. The average molecular weight is 278 g/mol. The maximum atomic E-state index is 11.9. The van der Waals surface area contributed by atoms with E-state index >= 15 is 0 Å². The average Bonchev–Trinajstić information content (AvgIpc) is 2.42. The van der Waals surface area contributed by atoms with Crippen molar-refractivity contribution in [3.63, 3.8) is 0 Å². The molecule has 0 saturated carbocycles. The summed E-state index contributed by atoms with van der Waals surface area (Å²) in [6, 6.07) is 10.1. The van der Waals surface area contributed by atoms with Gasteiger partial charge in [0.15, 0.2) is 0 Å². The molecule has 112 valence electrons. The van der Waals surface area contributed by atoms with E-state index in [4.69, 9.17) is 4.74 Å². The van der Waals surface area contributed by atoms with Crippen molar-refractivity contribution in [2.45, 2.75) is 26.5 Å². The van der Waals surface area contributed by atoms with Crippen LogP contribution in [0.5, 0.6) is 0 Å². The van der Waals surface area contributed by atoms with E-state index < -0.39 is 0 Å². The highest BCUT2D eigenvalue weighted by molar-refractivity contribution is 5.72. The molecule has 1 aromatic carbocycles. The smallest absolute Gasteiger partial charge is 0.310 e. The Balaban J connectivity index is 2.25. The molecule has 0 spiro atoms. The first-order valence-electron chi connectivity index (χ1n) is 7.07. The number of likely N-dealkylation sites (N-methyl/N-ethyl adjacent to an activating group) is 1. The lowest BCUT2D eigenvalue weighted by molar-refractivity contribution is -0.149. The number of nitrogens with zero attached hydrogens (tertiary/aromatic N) is 1. The molecule has 20 heavy (non-hydrogen) atoms. The number of carbonyl (C=O) groups excluding carboxylic acids is 1. The molecule has 0 aliphatic heterocycles. The van der Waals surface area contributed by atoms with Gasteiger partial charge in [-0.3, -0.25) is 4.79 Å². The summed E-state index contributed by atoms with van der Waals surface area (Å²) in [5, 5.41) is 3.35. The zero-order chi connectivity index (χ0) is 15.0. The Bertz CT molecular complexity index is 393. The summed E-state index contributed by atoms with van der Waals surface area (Å²) in [5.41, 5.74) is 1.02. The first kappa shape index (κ1) is 16.7. The Hall–Kier alpha value is -1.39. The Morgan fingerprint density at radius 3 is 2.50 bits per heavy atom. The predicted molar refractivity (Wildman–Crippen MR) is 81.4 cm³/mol. The Labute approximate surface area is 122 Å². The van der Waals surface area contributed by atoms with Gasteiger partial charge in [-0.25, -0.2) is 0 Å². The summed E-state index contributed by atoms with van der Waals surface area (Å²) in [5.74, 6) is -0.290. The lowest BCUT2D eigenvalue weighted by Gasteiger charge is -2.20. The summed E-state index contributed by atoms with van der Waals surface area (Å²) in [7, 11) is 4.07. The first-order chi connectivity index (χ1) is 9.49. The van der Waals surface area contributed by atoms with E-state index in [0.717, 1.165) is 12.1 Å². The second kappa shape index (κ2) is 8.72. The number of esters is 1. The zero-order valence-corrected chi connectivity index (χ0v) is 12.9. The van der Waals surface area contributed by atoms with Crippen LogP contribution in [0.3, 0.4) is 0 Å². The largest absolute Gasteiger partial charge is 0.461 e. The number of nitrogens with one attached hydrogen (secondary N) is 1. The summed E-state index contributed by atoms with van der Waals surface area (Å²) >= 11 is 0. The molecule has 0 fully saturated rings. The van der Waals surface area contributed by atoms with Crippen molar-refractivity contribution in [1.29, 1.82) is 0 Å². The van der Waals surface area contributed by atoms with E-state index in [1.807, 2.05) is 51.4 Å². The molecule has 0 aliphatic carbocycles. The minimum absolute atomic E-state index is 0.136. The van der Waals surface area contributed by atoms with E-state index in [-0.39, 0.29) is 11.9 Å². The highest BCUT2D eigenvalue weighted by Crippen LogP contribution is 2.04. The molecule has 2 atom stereocenters. The standard InChI is InChI=1S/C16H26N2O2/c1-13(10-17-14(2)11-18(3)4)16(19)20-12-15-8-6-5-7-9-15/h5-9,13-14,17H,10-12H2,1-4H3. The van der Waals surface area contributed by atoms with Crippen molar-refractivity contribution in [2.75, 3.05) is 27.2 Å². The second-order valence-corrected chi connectivity index (χ2v) is 5.57. The number of benzene rings is 1. The molecular weight excluding hydrogens is 252 g/mol. The number of hydrogen-bond acceptors (Lipinski definition) is 4. The van der Waals surface area contributed by atoms with Crippen molar-refractivity contribution >= 4 is 5.97 Å². The van der Waals surface area contributed by atoms with Gasteiger partial charge in [-0.05, 0) is 26.6 Å². The summed E-state index contributed by atoms with van der Waals surface area (Å²) < 4.78 is 5.31. The van der Waals surface area contributed by atoms with Gasteiger partial charge >= 0.3 is 5.97 Å². The van der Waals surface area contributed by atoms with Gasteiger partial charge in [0.25, 0.3) is 0 Å². The molecular formula is C16H26N2O2. The monoisotopic (exact) mass is 278 g/mol. The minimum Gasteiger partial charge on any atom is -0.461 e. The molecule has 0 amide bonds.